The van der Waals surface area contributed by atoms with Crippen LogP contribution in [-0.4, -0.2) is 41.6 Å². The van der Waals surface area contributed by atoms with E-state index in [1.54, 1.807) is 0 Å². The molecule has 0 fully saturated rings. The van der Waals surface area contributed by atoms with Crippen LogP contribution in [0.15, 0.2) is 12.4 Å². The number of nitrogens with one attached hydrogen (secondary N) is 1. The molecule has 0 amide bonds. The van der Waals surface area contributed by atoms with Gasteiger partial charge in [0.25, 0.3) is 0 Å². The van der Waals surface area contributed by atoms with E-state index in [4.69, 9.17) is 0 Å². The molecule has 18 heavy (non-hydrogen) atoms. The first kappa shape index (κ1) is 15.0. The molecule has 0 unspecified atom stereocenters. The maximum absolute atomic E-state index is 12.6. The summed E-state index contributed by atoms with van der Waals surface area (Å²) in [5.74, 6) is 0.366. The number of nitrogens with zero attached hydrogens (tertiary/aromatic N) is 3. The van der Waals surface area contributed by atoms with Crippen LogP contribution >= 0.6 is 0 Å². The number of hydrogen-bond donors (Lipinski definition) is 1. The summed E-state index contributed by atoms with van der Waals surface area (Å²) in [7, 11) is 4.04. The van der Waals surface area contributed by atoms with Gasteiger partial charge in [0.2, 0.25) is 0 Å². The average molecular weight is 260 g/mol. The molecule has 0 spiro atoms. The largest absolute Gasteiger partial charge is 0.319 e. The lowest BCUT2D eigenvalue weighted by atomic mass is 9.93. The van der Waals surface area contributed by atoms with Gasteiger partial charge in [-0.25, -0.2) is 4.98 Å². The highest BCUT2D eigenvalue weighted by molar-refractivity contribution is 4.92. The van der Waals surface area contributed by atoms with E-state index < -0.39 is 6.55 Å². The zero-order chi connectivity index (χ0) is 13.8. The summed E-state index contributed by atoms with van der Waals surface area (Å²) in [6, 6.07) is 0. The van der Waals surface area contributed by atoms with Crippen LogP contribution in [0.1, 0.15) is 26.2 Å². The van der Waals surface area contributed by atoms with Crippen molar-refractivity contribution in [2.45, 2.75) is 26.9 Å². The molecule has 0 aliphatic carbocycles. The van der Waals surface area contributed by atoms with E-state index >= 15 is 0 Å². The number of halogens is 2. The van der Waals surface area contributed by atoms with E-state index in [1.807, 2.05) is 14.1 Å². The highest BCUT2D eigenvalue weighted by Crippen LogP contribution is 2.15. The number of aromatic nitrogens is 2. The van der Waals surface area contributed by atoms with Crippen LogP contribution in [-0.2, 0) is 6.54 Å². The molecule has 0 atom stereocenters. The van der Waals surface area contributed by atoms with Crippen molar-refractivity contribution in [1.29, 1.82) is 0 Å². The Labute approximate surface area is 107 Å². The van der Waals surface area contributed by atoms with Crippen molar-refractivity contribution in [1.82, 2.24) is 19.8 Å². The Hall–Kier alpha value is -1.01. The van der Waals surface area contributed by atoms with Crippen LogP contribution in [0.3, 0.4) is 0 Å². The van der Waals surface area contributed by atoms with Gasteiger partial charge in [0.15, 0.2) is 0 Å². The number of imidazole rings is 1. The van der Waals surface area contributed by atoms with Crippen LogP contribution in [0.2, 0.25) is 0 Å². The minimum atomic E-state index is -2.53. The minimum Gasteiger partial charge on any atom is -0.309 e. The quantitative estimate of drug-likeness (QED) is 0.813. The van der Waals surface area contributed by atoms with E-state index in [-0.39, 0.29) is 5.41 Å². The Kier molecular flexibility index (Phi) is 5.22. The maximum Gasteiger partial charge on any atom is 0.319 e. The summed E-state index contributed by atoms with van der Waals surface area (Å²) in [5, 5.41) is 3.19. The van der Waals surface area contributed by atoms with Crippen molar-refractivity contribution in [3.05, 3.63) is 18.2 Å². The molecular formula is C12H22F2N4. The number of alkyl halides is 2. The van der Waals surface area contributed by atoms with Gasteiger partial charge in [-0.15, -0.1) is 0 Å². The molecule has 0 saturated carbocycles. The van der Waals surface area contributed by atoms with Crippen LogP contribution in [0.4, 0.5) is 8.78 Å². The van der Waals surface area contributed by atoms with Crippen molar-refractivity contribution < 1.29 is 8.78 Å². The van der Waals surface area contributed by atoms with Crippen molar-refractivity contribution in [2.24, 2.45) is 5.41 Å². The third kappa shape index (κ3) is 4.70. The van der Waals surface area contributed by atoms with Crippen molar-refractivity contribution in [3.8, 4) is 0 Å². The van der Waals surface area contributed by atoms with Gasteiger partial charge in [-0.3, -0.25) is 4.57 Å². The fraction of sp³-hybridized carbons (Fsp3) is 0.750. The second-order valence-electron chi connectivity index (χ2n) is 5.53. The van der Waals surface area contributed by atoms with Crippen LogP contribution in [0.25, 0.3) is 0 Å². The molecule has 0 saturated heterocycles. The summed E-state index contributed by atoms with van der Waals surface area (Å²) in [5.41, 5.74) is 0.0890. The van der Waals surface area contributed by atoms with Gasteiger partial charge >= 0.3 is 6.55 Å². The summed E-state index contributed by atoms with van der Waals surface area (Å²) >= 11 is 0. The second kappa shape index (κ2) is 6.24. The summed E-state index contributed by atoms with van der Waals surface area (Å²) < 4.78 is 26.0. The zero-order valence-electron chi connectivity index (χ0n) is 11.5. The SMILES string of the molecule is CN(C)CC(C)(C)CNCc1nccn1C(F)F. The molecular weight excluding hydrogens is 238 g/mol. The van der Waals surface area contributed by atoms with Gasteiger partial charge in [-0.2, -0.15) is 8.78 Å². The molecule has 1 heterocycles. The predicted octanol–water partition coefficient (Wildman–Crippen LogP) is 1.96. The molecule has 1 rings (SSSR count). The van der Waals surface area contributed by atoms with Gasteiger partial charge < -0.3 is 10.2 Å². The molecule has 1 aromatic rings. The van der Waals surface area contributed by atoms with Crippen molar-refractivity contribution in [2.75, 3.05) is 27.2 Å². The first-order valence-corrected chi connectivity index (χ1v) is 5.97. The predicted molar refractivity (Wildman–Crippen MR) is 67.5 cm³/mol. The van der Waals surface area contributed by atoms with E-state index in [9.17, 15) is 8.78 Å². The zero-order valence-corrected chi connectivity index (χ0v) is 11.5. The second-order valence-corrected chi connectivity index (χ2v) is 5.53. The molecule has 4 nitrogen and oxygen atoms in total. The van der Waals surface area contributed by atoms with Gasteiger partial charge in [-0.1, -0.05) is 13.8 Å². The topological polar surface area (TPSA) is 33.1 Å². The Balaban J connectivity index is 2.44. The van der Waals surface area contributed by atoms with E-state index in [2.05, 4.69) is 29.0 Å². The molecule has 0 bridgehead atoms. The van der Waals surface area contributed by atoms with Gasteiger partial charge in [0, 0.05) is 25.5 Å². The molecule has 0 aliphatic rings. The van der Waals surface area contributed by atoms with Crippen molar-refractivity contribution in [3.63, 3.8) is 0 Å². The normalized spacial score (nSPS) is 12.7. The monoisotopic (exact) mass is 260 g/mol. The molecule has 1 N–H and O–H groups in total. The minimum absolute atomic E-state index is 0.0890. The van der Waals surface area contributed by atoms with Crippen LogP contribution in [0, 0.1) is 5.41 Å². The molecule has 104 valence electrons. The number of hydrogen-bond acceptors (Lipinski definition) is 3. The van der Waals surface area contributed by atoms with E-state index in [0.29, 0.717) is 12.4 Å². The smallest absolute Gasteiger partial charge is 0.309 e. The molecule has 6 heteroatoms. The first-order chi connectivity index (χ1) is 8.32. The Morgan fingerprint density at radius 2 is 2.11 bits per heavy atom. The standard InChI is InChI=1S/C12H22F2N4/c1-12(2,9-17(3)4)8-15-7-10-16-5-6-18(10)11(13)14/h5-6,11,15H,7-9H2,1-4H3. The first-order valence-electron chi connectivity index (χ1n) is 5.97. The lowest BCUT2D eigenvalue weighted by Crippen LogP contribution is -2.37. The van der Waals surface area contributed by atoms with Crippen LogP contribution < -0.4 is 5.32 Å². The lowest BCUT2D eigenvalue weighted by Gasteiger charge is -2.28. The number of rotatable bonds is 7. The molecule has 0 aliphatic heterocycles. The fourth-order valence-corrected chi connectivity index (χ4v) is 2.08. The van der Waals surface area contributed by atoms with E-state index in [1.165, 1.54) is 12.4 Å². The Morgan fingerprint density at radius 1 is 1.44 bits per heavy atom. The highest BCUT2D eigenvalue weighted by atomic mass is 19.3. The Morgan fingerprint density at radius 3 is 2.67 bits per heavy atom. The third-order valence-electron chi connectivity index (χ3n) is 2.59. The molecule has 0 aromatic carbocycles. The third-order valence-corrected chi connectivity index (χ3v) is 2.59. The van der Waals surface area contributed by atoms with Gasteiger partial charge in [0.05, 0.1) is 6.54 Å². The lowest BCUT2D eigenvalue weighted by molar-refractivity contribution is 0.0664. The summed E-state index contributed by atoms with van der Waals surface area (Å²) in [4.78, 5) is 6.04. The summed E-state index contributed by atoms with van der Waals surface area (Å²) in [6.45, 7) is 3.79. The van der Waals surface area contributed by atoms with Crippen molar-refractivity contribution >= 4 is 0 Å². The Bertz CT molecular complexity index is 361. The highest BCUT2D eigenvalue weighted by Gasteiger charge is 2.19. The van der Waals surface area contributed by atoms with Crippen LogP contribution in [0.5, 0.6) is 0 Å². The molecule has 0 radical (unpaired) electrons. The van der Waals surface area contributed by atoms with Gasteiger partial charge in [-0.05, 0) is 19.5 Å². The van der Waals surface area contributed by atoms with Gasteiger partial charge in [0.1, 0.15) is 5.82 Å². The maximum atomic E-state index is 12.6. The molecule has 1 aromatic heterocycles. The van der Waals surface area contributed by atoms with E-state index in [0.717, 1.165) is 17.7 Å². The summed E-state index contributed by atoms with van der Waals surface area (Å²) in [6.07, 6.45) is 2.70. The average Bonchev–Trinajstić information content (AvgIpc) is 2.63. The fourth-order valence-electron chi connectivity index (χ4n) is 2.08.